The van der Waals surface area contributed by atoms with E-state index in [-0.39, 0.29) is 24.3 Å². The SMILES string of the molecule is CC(=O)NC(C(=O)NCC(C)O)C(C)C. The van der Waals surface area contributed by atoms with E-state index in [0.717, 1.165) is 0 Å². The highest BCUT2D eigenvalue weighted by molar-refractivity contribution is 5.87. The molecule has 0 rings (SSSR count). The average molecular weight is 216 g/mol. The Morgan fingerprint density at radius 2 is 1.80 bits per heavy atom. The van der Waals surface area contributed by atoms with Crippen molar-refractivity contribution in [3.63, 3.8) is 0 Å². The molecule has 0 saturated carbocycles. The van der Waals surface area contributed by atoms with Gasteiger partial charge in [0, 0.05) is 13.5 Å². The zero-order valence-electron chi connectivity index (χ0n) is 9.70. The van der Waals surface area contributed by atoms with E-state index in [4.69, 9.17) is 5.11 Å². The lowest BCUT2D eigenvalue weighted by Gasteiger charge is -2.21. The zero-order chi connectivity index (χ0) is 12.0. The summed E-state index contributed by atoms with van der Waals surface area (Å²) >= 11 is 0. The number of hydrogen-bond acceptors (Lipinski definition) is 3. The minimum Gasteiger partial charge on any atom is -0.392 e. The summed E-state index contributed by atoms with van der Waals surface area (Å²) in [5.74, 6) is -0.482. The van der Waals surface area contributed by atoms with Crippen LogP contribution < -0.4 is 10.6 Å². The number of carbonyl (C=O) groups excluding carboxylic acids is 2. The summed E-state index contributed by atoms with van der Waals surface area (Å²) in [5, 5.41) is 14.1. The van der Waals surface area contributed by atoms with Crippen molar-refractivity contribution in [2.75, 3.05) is 6.54 Å². The molecule has 0 aliphatic carbocycles. The number of rotatable bonds is 5. The van der Waals surface area contributed by atoms with Gasteiger partial charge in [0.2, 0.25) is 11.8 Å². The van der Waals surface area contributed by atoms with Crippen molar-refractivity contribution in [3.8, 4) is 0 Å². The van der Waals surface area contributed by atoms with E-state index in [2.05, 4.69) is 10.6 Å². The summed E-state index contributed by atoms with van der Waals surface area (Å²) in [6, 6.07) is -0.541. The number of carbonyl (C=O) groups is 2. The molecule has 2 unspecified atom stereocenters. The van der Waals surface area contributed by atoms with Crippen LogP contribution in [0.15, 0.2) is 0 Å². The second kappa shape index (κ2) is 6.40. The highest BCUT2D eigenvalue weighted by atomic mass is 16.3. The van der Waals surface area contributed by atoms with Crippen molar-refractivity contribution < 1.29 is 14.7 Å². The summed E-state index contributed by atoms with van der Waals surface area (Å²) in [4.78, 5) is 22.4. The normalized spacial score (nSPS) is 14.5. The Bertz CT molecular complexity index is 227. The Morgan fingerprint density at radius 1 is 1.27 bits per heavy atom. The van der Waals surface area contributed by atoms with Crippen LogP contribution in [0.25, 0.3) is 0 Å². The van der Waals surface area contributed by atoms with Crippen LogP contribution in [0.5, 0.6) is 0 Å². The smallest absolute Gasteiger partial charge is 0.242 e. The molecule has 0 radical (unpaired) electrons. The maximum absolute atomic E-state index is 11.6. The van der Waals surface area contributed by atoms with Crippen LogP contribution in [0.4, 0.5) is 0 Å². The molecule has 0 spiro atoms. The lowest BCUT2D eigenvalue weighted by Crippen LogP contribution is -2.50. The number of nitrogens with one attached hydrogen (secondary N) is 2. The molecule has 88 valence electrons. The lowest BCUT2D eigenvalue weighted by atomic mass is 10.0. The van der Waals surface area contributed by atoms with Crippen molar-refractivity contribution in [2.45, 2.75) is 39.8 Å². The lowest BCUT2D eigenvalue weighted by molar-refractivity contribution is -0.129. The molecule has 5 heteroatoms. The van der Waals surface area contributed by atoms with Gasteiger partial charge < -0.3 is 15.7 Å². The summed E-state index contributed by atoms with van der Waals surface area (Å²) in [6.45, 7) is 6.85. The van der Waals surface area contributed by atoms with Crippen LogP contribution >= 0.6 is 0 Å². The zero-order valence-corrected chi connectivity index (χ0v) is 9.70. The van der Waals surface area contributed by atoms with E-state index in [1.165, 1.54) is 6.92 Å². The number of aliphatic hydroxyl groups is 1. The van der Waals surface area contributed by atoms with E-state index in [1.807, 2.05) is 13.8 Å². The summed E-state index contributed by atoms with van der Waals surface area (Å²) < 4.78 is 0. The molecule has 0 heterocycles. The maximum atomic E-state index is 11.6. The van der Waals surface area contributed by atoms with Crippen LogP contribution in [-0.2, 0) is 9.59 Å². The standard InChI is InChI=1S/C10H20N2O3/c1-6(2)9(12-8(4)14)10(15)11-5-7(3)13/h6-7,9,13H,5H2,1-4H3,(H,11,15)(H,12,14). The topological polar surface area (TPSA) is 78.4 Å². The minimum atomic E-state index is -0.584. The molecule has 5 nitrogen and oxygen atoms in total. The van der Waals surface area contributed by atoms with Crippen molar-refractivity contribution >= 4 is 11.8 Å². The second-order valence-corrected chi connectivity index (χ2v) is 4.02. The molecule has 0 fully saturated rings. The summed E-state index contributed by atoms with van der Waals surface area (Å²) in [5.41, 5.74) is 0. The van der Waals surface area contributed by atoms with Crippen LogP contribution in [-0.4, -0.2) is 35.6 Å². The number of amides is 2. The first-order valence-electron chi connectivity index (χ1n) is 5.07. The van der Waals surface area contributed by atoms with Gasteiger partial charge in [-0.25, -0.2) is 0 Å². The molecular formula is C10H20N2O3. The number of hydrogen-bond donors (Lipinski definition) is 3. The molecule has 0 aliphatic rings. The van der Waals surface area contributed by atoms with E-state index < -0.39 is 12.1 Å². The first-order valence-corrected chi connectivity index (χ1v) is 5.07. The predicted octanol–water partition coefficient (Wildman–Crippen LogP) is -0.356. The molecular weight excluding hydrogens is 196 g/mol. The third-order valence-electron chi connectivity index (χ3n) is 1.88. The van der Waals surface area contributed by atoms with Crippen LogP contribution in [0.1, 0.15) is 27.7 Å². The highest BCUT2D eigenvalue weighted by Gasteiger charge is 2.22. The Kier molecular flexibility index (Phi) is 5.93. The van der Waals surface area contributed by atoms with Gasteiger partial charge >= 0.3 is 0 Å². The van der Waals surface area contributed by atoms with E-state index in [1.54, 1.807) is 6.92 Å². The fraction of sp³-hybridized carbons (Fsp3) is 0.800. The van der Waals surface area contributed by atoms with Gasteiger partial charge in [-0.3, -0.25) is 9.59 Å². The quantitative estimate of drug-likeness (QED) is 0.587. The minimum absolute atomic E-state index is 0.0166. The monoisotopic (exact) mass is 216 g/mol. The fourth-order valence-electron chi connectivity index (χ4n) is 1.11. The Balaban J connectivity index is 4.23. The first kappa shape index (κ1) is 13.9. The predicted molar refractivity (Wildman–Crippen MR) is 57.1 cm³/mol. The molecule has 0 saturated heterocycles. The second-order valence-electron chi connectivity index (χ2n) is 4.02. The molecule has 3 N–H and O–H groups in total. The Morgan fingerprint density at radius 3 is 2.13 bits per heavy atom. The third-order valence-corrected chi connectivity index (χ3v) is 1.88. The summed E-state index contributed by atoms with van der Waals surface area (Å²) in [7, 11) is 0. The first-order chi connectivity index (χ1) is 6.84. The molecule has 15 heavy (non-hydrogen) atoms. The highest BCUT2D eigenvalue weighted by Crippen LogP contribution is 2.01. The maximum Gasteiger partial charge on any atom is 0.242 e. The molecule has 0 bridgehead atoms. The van der Waals surface area contributed by atoms with E-state index in [9.17, 15) is 9.59 Å². The van der Waals surface area contributed by atoms with Crippen molar-refractivity contribution in [1.82, 2.24) is 10.6 Å². The van der Waals surface area contributed by atoms with Crippen molar-refractivity contribution in [1.29, 1.82) is 0 Å². The van der Waals surface area contributed by atoms with Crippen molar-refractivity contribution in [2.24, 2.45) is 5.92 Å². The molecule has 2 amide bonds. The van der Waals surface area contributed by atoms with Gasteiger partial charge in [0.05, 0.1) is 6.10 Å². The van der Waals surface area contributed by atoms with Gasteiger partial charge in [-0.15, -0.1) is 0 Å². The molecule has 0 aromatic rings. The van der Waals surface area contributed by atoms with Gasteiger partial charge in [0.15, 0.2) is 0 Å². The Labute approximate surface area is 90.2 Å². The van der Waals surface area contributed by atoms with E-state index in [0.29, 0.717) is 0 Å². The molecule has 0 aliphatic heterocycles. The Hall–Kier alpha value is -1.10. The van der Waals surface area contributed by atoms with Gasteiger partial charge in [-0.1, -0.05) is 13.8 Å². The molecule has 0 aromatic carbocycles. The van der Waals surface area contributed by atoms with Crippen LogP contribution in [0, 0.1) is 5.92 Å². The van der Waals surface area contributed by atoms with Crippen LogP contribution in [0.3, 0.4) is 0 Å². The van der Waals surface area contributed by atoms with Gasteiger partial charge in [0.1, 0.15) is 6.04 Å². The average Bonchev–Trinajstić information content (AvgIpc) is 2.09. The largest absolute Gasteiger partial charge is 0.392 e. The third kappa shape index (κ3) is 6.06. The molecule has 0 aromatic heterocycles. The summed E-state index contributed by atoms with van der Waals surface area (Å²) in [6.07, 6.45) is -0.584. The number of aliphatic hydroxyl groups excluding tert-OH is 1. The van der Waals surface area contributed by atoms with E-state index >= 15 is 0 Å². The van der Waals surface area contributed by atoms with Gasteiger partial charge in [-0.05, 0) is 12.8 Å². The fourth-order valence-corrected chi connectivity index (χ4v) is 1.11. The van der Waals surface area contributed by atoms with Crippen LogP contribution in [0.2, 0.25) is 0 Å². The van der Waals surface area contributed by atoms with Gasteiger partial charge in [-0.2, -0.15) is 0 Å². The van der Waals surface area contributed by atoms with Gasteiger partial charge in [0.25, 0.3) is 0 Å². The van der Waals surface area contributed by atoms with Crippen molar-refractivity contribution in [3.05, 3.63) is 0 Å². The molecule has 2 atom stereocenters.